The summed E-state index contributed by atoms with van der Waals surface area (Å²) in [5.74, 6) is 0. The second-order valence-corrected chi connectivity index (χ2v) is 7.39. The first-order valence-corrected chi connectivity index (χ1v) is 8.87. The Morgan fingerprint density at radius 2 is 2.32 bits per heavy atom. The highest BCUT2D eigenvalue weighted by Crippen LogP contribution is 2.19. The number of sulfonamides is 1. The average Bonchev–Trinajstić information content (AvgIpc) is 2.89. The zero-order valence-corrected chi connectivity index (χ0v) is 12.4. The van der Waals surface area contributed by atoms with Crippen LogP contribution in [0.4, 0.5) is 0 Å². The van der Waals surface area contributed by atoms with Crippen LogP contribution in [0.5, 0.6) is 0 Å². The number of ether oxygens (including phenoxy) is 1. The molecule has 0 spiro atoms. The van der Waals surface area contributed by atoms with Gasteiger partial charge in [0.2, 0.25) is 10.0 Å². The molecule has 19 heavy (non-hydrogen) atoms. The van der Waals surface area contributed by atoms with E-state index < -0.39 is 10.0 Å². The molecule has 1 aliphatic rings. The minimum Gasteiger partial charge on any atom is -0.378 e. The fourth-order valence-electron chi connectivity index (χ4n) is 2.08. The summed E-state index contributed by atoms with van der Waals surface area (Å²) in [6, 6.07) is 1.63. The predicted molar refractivity (Wildman–Crippen MR) is 75.6 cm³/mol. The third-order valence-corrected chi connectivity index (χ3v) is 5.72. The molecule has 7 heteroatoms. The molecule has 108 valence electrons. The van der Waals surface area contributed by atoms with Crippen LogP contribution in [0.3, 0.4) is 0 Å². The SMILES string of the molecule is NCc1cc(S(=O)(=O)NCCC2CCCCO2)cs1. The van der Waals surface area contributed by atoms with Gasteiger partial charge in [0.1, 0.15) is 0 Å². The van der Waals surface area contributed by atoms with Gasteiger partial charge in [-0.1, -0.05) is 0 Å². The minimum atomic E-state index is -3.40. The van der Waals surface area contributed by atoms with Gasteiger partial charge in [-0.15, -0.1) is 11.3 Å². The molecule has 1 unspecified atom stereocenters. The van der Waals surface area contributed by atoms with Gasteiger partial charge in [-0.25, -0.2) is 13.1 Å². The minimum absolute atomic E-state index is 0.193. The van der Waals surface area contributed by atoms with Crippen molar-refractivity contribution in [3.63, 3.8) is 0 Å². The van der Waals surface area contributed by atoms with E-state index in [4.69, 9.17) is 10.5 Å². The Bertz CT molecular complexity index is 493. The number of hydrogen-bond acceptors (Lipinski definition) is 5. The van der Waals surface area contributed by atoms with Gasteiger partial charge in [-0.05, 0) is 31.7 Å². The Labute approximate surface area is 118 Å². The Balaban J connectivity index is 1.83. The van der Waals surface area contributed by atoms with Crippen molar-refractivity contribution in [3.8, 4) is 0 Å². The van der Waals surface area contributed by atoms with Crippen molar-refractivity contribution in [2.24, 2.45) is 5.73 Å². The summed E-state index contributed by atoms with van der Waals surface area (Å²) in [5, 5.41) is 1.63. The molecular formula is C12H20N2O3S2. The number of hydrogen-bond donors (Lipinski definition) is 2. The lowest BCUT2D eigenvalue weighted by Crippen LogP contribution is -2.29. The van der Waals surface area contributed by atoms with E-state index in [0.29, 0.717) is 18.0 Å². The van der Waals surface area contributed by atoms with Crippen molar-refractivity contribution in [3.05, 3.63) is 16.3 Å². The van der Waals surface area contributed by atoms with E-state index in [1.165, 1.54) is 17.8 Å². The van der Waals surface area contributed by atoms with Gasteiger partial charge >= 0.3 is 0 Å². The zero-order valence-electron chi connectivity index (χ0n) is 10.8. The Kier molecular flexibility index (Phi) is 5.35. The lowest BCUT2D eigenvalue weighted by atomic mass is 10.1. The highest BCUT2D eigenvalue weighted by molar-refractivity contribution is 7.89. The first-order valence-electron chi connectivity index (χ1n) is 6.50. The van der Waals surface area contributed by atoms with Crippen LogP contribution < -0.4 is 10.5 Å². The summed E-state index contributed by atoms with van der Waals surface area (Å²) in [4.78, 5) is 1.18. The molecule has 1 aliphatic heterocycles. The smallest absolute Gasteiger partial charge is 0.241 e. The molecule has 0 aliphatic carbocycles. The fourth-order valence-corrected chi connectivity index (χ4v) is 4.28. The van der Waals surface area contributed by atoms with Gasteiger partial charge in [0.15, 0.2) is 0 Å². The second-order valence-electron chi connectivity index (χ2n) is 4.63. The summed E-state index contributed by atoms with van der Waals surface area (Å²) >= 11 is 1.37. The quantitative estimate of drug-likeness (QED) is 0.833. The maximum absolute atomic E-state index is 12.0. The topological polar surface area (TPSA) is 81.4 Å². The third kappa shape index (κ3) is 4.25. The normalized spacial score (nSPS) is 20.6. The third-order valence-electron chi connectivity index (χ3n) is 3.17. The molecule has 2 rings (SSSR count). The van der Waals surface area contributed by atoms with Crippen molar-refractivity contribution >= 4 is 21.4 Å². The molecule has 1 aromatic rings. The van der Waals surface area contributed by atoms with Crippen LogP contribution in [-0.4, -0.2) is 27.7 Å². The lowest BCUT2D eigenvalue weighted by Gasteiger charge is -2.22. The maximum atomic E-state index is 12.0. The van der Waals surface area contributed by atoms with Crippen molar-refractivity contribution in [1.82, 2.24) is 4.72 Å². The molecule has 0 radical (unpaired) electrons. The van der Waals surface area contributed by atoms with E-state index in [1.54, 1.807) is 11.4 Å². The summed E-state index contributed by atoms with van der Waals surface area (Å²) in [7, 11) is -3.40. The summed E-state index contributed by atoms with van der Waals surface area (Å²) in [6.45, 7) is 1.58. The maximum Gasteiger partial charge on any atom is 0.241 e. The molecule has 0 bridgehead atoms. The van der Waals surface area contributed by atoms with Crippen LogP contribution in [-0.2, 0) is 21.3 Å². The molecule has 0 amide bonds. The average molecular weight is 304 g/mol. The van der Waals surface area contributed by atoms with Crippen LogP contribution in [0.25, 0.3) is 0 Å². The van der Waals surface area contributed by atoms with E-state index in [2.05, 4.69) is 4.72 Å². The number of thiophene rings is 1. The molecule has 0 aromatic carbocycles. The van der Waals surface area contributed by atoms with E-state index in [1.807, 2.05) is 0 Å². The van der Waals surface area contributed by atoms with E-state index in [-0.39, 0.29) is 6.10 Å². The van der Waals surface area contributed by atoms with Gasteiger partial charge in [-0.2, -0.15) is 0 Å². The molecule has 1 atom stereocenters. The van der Waals surface area contributed by atoms with Crippen LogP contribution in [0.15, 0.2) is 16.3 Å². The highest BCUT2D eigenvalue weighted by Gasteiger charge is 2.18. The second kappa shape index (κ2) is 6.81. The number of nitrogens with two attached hydrogens (primary N) is 1. The number of nitrogens with one attached hydrogen (secondary N) is 1. The lowest BCUT2D eigenvalue weighted by molar-refractivity contribution is 0.0123. The van der Waals surface area contributed by atoms with Gasteiger partial charge in [0, 0.05) is 30.0 Å². The number of rotatable bonds is 6. The first-order chi connectivity index (χ1) is 9.12. The zero-order chi connectivity index (χ0) is 13.7. The van der Waals surface area contributed by atoms with Crippen LogP contribution >= 0.6 is 11.3 Å². The molecule has 1 aromatic heterocycles. The molecule has 5 nitrogen and oxygen atoms in total. The Morgan fingerprint density at radius 1 is 1.47 bits per heavy atom. The van der Waals surface area contributed by atoms with Crippen molar-refractivity contribution in [1.29, 1.82) is 0 Å². The Morgan fingerprint density at radius 3 is 2.95 bits per heavy atom. The summed E-state index contributed by atoms with van der Waals surface area (Å²) < 4.78 is 32.2. The molecule has 1 fully saturated rings. The largest absolute Gasteiger partial charge is 0.378 e. The fraction of sp³-hybridized carbons (Fsp3) is 0.667. The van der Waals surface area contributed by atoms with E-state index >= 15 is 0 Å². The van der Waals surface area contributed by atoms with E-state index in [9.17, 15) is 8.42 Å². The van der Waals surface area contributed by atoms with E-state index in [0.717, 1.165) is 30.7 Å². The van der Waals surface area contributed by atoms with Crippen molar-refractivity contribution < 1.29 is 13.2 Å². The molecule has 0 saturated carbocycles. The molecule has 3 N–H and O–H groups in total. The standard InChI is InChI=1S/C12H20N2O3S2/c13-8-11-7-12(9-18-11)19(15,16)14-5-4-10-3-1-2-6-17-10/h7,9-10,14H,1-6,8,13H2. The van der Waals surface area contributed by atoms with Gasteiger partial charge in [0.25, 0.3) is 0 Å². The molecule has 2 heterocycles. The first kappa shape index (κ1) is 14.9. The van der Waals surface area contributed by atoms with Crippen LogP contribution in [0.1, 0.15) is 30.6 Å². The van der Waals surface area contributed by atoms with Crippen molar-refractivity contribution in [2.75, 3.05) is 13.2 Å². The molecular weight excluding hydrogens is 284 g/mol. The van der Waals surface area contributed by atoms with Gasteiger partial charge < -0.3 is 10.5 Å². The molecule has 1 saturated heterocycles. The van der Waals surface area contributed by atoms with Gasteiger partial charge in [0.05, 0.1) is 11.0 Å². The summed E-state index contributed by atoms with van der Waals surface area (Å²) in [5.41, 5.74) is 5.48. The van der Waals surface area contributed by atoms with Gasteiger partial charge in [-0.3, -0.25) is 0 Å². The van der Waals surface area contributed by atoms with Crippen molar-refractivity contribution in [2.45, 2.75) is 43.2 Å². The highest BCUT2D eigenvalue weighted by atomic mass is 32.2. The van der Waals surface area contributed by atoms with Crippen LogP contribution in [0.2, 0.25) is 0 Å². The monoisotopic (exact) mass is 304 g/mol. The summed E-state index contributed by atoms with van der Waals surface area (Å²) in [6.07, 6.45) is 4.23. The Hall–Kier alpha value is -0.470. The van der Waals surface area contributed by atoms with Crippen LogP contribution in [0, 0.1) is 0 Å². The predicted octanol–water partition coefficient (Wildman–Crippen LogP) is 1.44.